The van der Waals surface area contributed by atoms with Crippen molar-refractivity contribution in [3.63, 3.8) is 0 Å². The Bertz CT molecular complexity index is 1240. The molecule has 3 heterocycles. The minimum atomic E-state index is -0.737. The molecule has 1 aliphatic heterocycles. The molecular weight excluding hydrogens is 390 g/mol. The van der Waals surface area contributed by atoms with E-state index in [4.69, 9.17) is 7.85 Å². The molecule has 0 amide bonds. The van der Waals surface area contributed by atoms with Crippen LogP contribution >= 0.6 is 0 Å². The van der Waals surface area contributed by atoms with Gasteiger partial charge in [-0.25, -0.2) is 14.4 Å². The second kappa shape index (κ2) is 8.11. The SMILES string of the molecule is [B]c1ccc2nc(Nc3cc(CN4CC[C@H](F)C4)cc(-c4cnn(C)c4)c3)ncc2c1. The van der Waals surface area contributed by atoms with E-state index in [1.165, 1.54) is 0 Å². The van der Waals surface area contributed by atoms with Crippen LogP contribution in [0.3, 0.4) is 0 Å². The molecule has 0 bridgehead atoms. The normalized spacial score (nSPS) is 16.8. The van der Waals surface area contributed by atoms with Gasteiger partial charge in [0.05, 0.1) is 11.7 Å². The number of nitrogens with one attached hydrogen (secondary N) is 1. The zero-order chi connectivity index (χ0) is 21.4. The van der Waals surface area contributed by atoms with Crippen LogP contribution in [0.5, 0.6) is 0 Å². The van der Waals surface area contributed by atoms with Crippen molar-refractivity contribution in [1.82, 2.24) is 24.6 Å². The van der Waals surface area contributed by atoms with E-state index in [1.54, 1.807) is 10.9 Å². The Morgan fingerprint density at radius 3 is 2.84 bits per heavy atom. The lowest BCUT2D eigenvalue weighted by Crippen LogP contribution is -2.20. The maximum atomic E-state index is 13.7. The van der Waals surface area contributed by atoms with E-state index in [2.05, 4.69) is 43.5 Å². The molecule has 1 fully saturated rings. The summed E-state index contributed by atoms with van der Waals surface area (Å²) < 4.78 is 15.4. The maximum absolute atomic E-state index is 13.7. The summed E-state index contributed by atoms with van der Waals surface area (Å²) in [5, 5.41) is 8.51. The van der Waals surface area contributed by atoms with E-state index in [9.17, 15) is 4.39 Å². The summed E-state index contributed by atoms with van der Waals surface area (Å²) in [5.74, 6) is 0.511. The molecule has 8 heteroatoms. The Labute approximate surface area is 181 Å². The third-order valence-corrected chi connectivity index (χ3v) is 5.51. The van der Waals surface area contributed by atoms with Gasteiger partial charge in [-0.2, -0.15) is 5.10 Å². The van der Waals surface area contributed by atoms with Crippen LogP contribution < -0.4 is 10.8 Å². The first-order chi connectivity index (χ1) is 15.0. The van der Waals surface area contributed by atoms with E-state index in [-0.39, 0.29) is 0 Å². The van der Waals surface area contributed by atoms with E-state index in [0.29, 0.717) is 30.9 Å². The number of likely N-dealkylation sites (tertiary alicyclic amines) is 1. The lowest BCUT2D eigenvalue weighted by molar-refractivity contribution is 0.282. The highest BCUT2D eigenvalue weighted by Crippen LogP contribution is 2.28. The fourth-order valence-corrected chi connectivity index (χ4v) is 4.02. The molecule has 0 spiro atoms. The molecule has 0 saturated carbocycles. The van der Waals surface area contributed by atoms with Gasteiger partial charge in [-0.1, -0.05) is 17.6 Å². The van der Waals surface area contributed by atoms with E-state index in [0.717, 1.165) is 39.8 Å². The van der Waals surface area contributed by atoms with Gasteiger partial charge in [-0.3, -0.25) is 9.58 Å². The summed E-state index contributed by atoms with van der Waals surface area (Å²) in [7, 11) is 7.74. The van der Waals surface area contributed by atoms with Gasteiger partial charge in [-0.15, -0.1) is 0 Å². The minimum absolute atomic E-state index is 0.483. The van der Waals surface area contributed by atoms with Gasteiger partial charge in [0.2, 0.25) is 5.95 Å². The summed E-state index contributed by atoms with van der Waals surface area (Å²) in [6.07, 6.45) is 5.45. The summed E-state index contributed by atoms with van der Waals surface area (Å²) in [4.78, 5) is 11.2. The summed E-state index contributed by atoms with van der Waals surface area (Å²) in [6.45, 7) is 1.95. The molecule has 1 aliphatic rings. The fourth-order valence-electron chi connectivity index (χ4n) is 4.02. The third-order valence-electron chi connectivity index (χ3n) is 5.51. The van der Waals surface area contributed by atoms with Crippen molar-refractivity contribution in [2.75, 3.05) is 18.4 Å². The Morgan fingerprint density at radius 2 is 2.06 bits per heavy atom. The van der Waals surface area contributed by atoms with Gasteiger partial charge in [-0.05, 0) is 41.8 Å². The lowest BCUT2D eigenvalue weighted by atomic mass is 9.95. The highest BCUT2D eigenvalue weighted by Gasteiger charge is 2.22. The molecule has 154 valence electrons. The molecule has 0 unspecified atom stereocenters. The van der Waals surface area contributed by atoms with Gasteiger partial charge < -0.3 is 5.32 Å². The summed E-state index contributed by atoms with van der Waals surface area (Å²) in [6, 6.07) is 11.8. The van der Waals surface area contributed by atoms with Crippen molar-refractivity contribution in [2.45, 2.75) is 19.1 Å². The molecule has 2 aromatic carbocycles. The number of anilines is 2. The Balaban J connectivity index is 1.47. The number of hydrogen-bond acceptors (Lipinski definition) is 5. The number of benzene rings is 2. The summed E-state index contributed by atoms with van der Waals surface area (Å²) in [5.41, 5.74) is 5.54. The molecule has 5 rings (SSSR count). The number of halogens is 1. The van der Waals surface area contributed by atoms with Gasteiger partial charge in [0, 0.05) is 55.7 Å². The topological polar surface area (TPSA) is 58.9 Å². The van der Waals surface area contributed by atoms with Crippen LogP contribution in [0, 0.1) is 0 Å². The molecule has 6 nitrogen and oxygen atoms in total. The molecule has 2 radical (unpaired) electrons. The predicted octanol–water partition coefficient (Wildman–Crippen LogP) is 3.11. The molecule has 1 saturated heterocycles. The van der Waals surface area contributed by atoms with Crippen molar-refractivity contribution >= 4 is 35.8 Å². The molecule has 31 heavy (non-hydrogen) atoms. The molecule has 1 atom stereocenters. The molecule has 1 N–H and O–H groups in total. The average molecular weight is 412 g/mol. The predicted molar refractivity (Wildman–Crippen MR) is 122 cm³/mol. The van der Waals surface area contributed by atoms with Crippen LogP contribution in [0.25, 0.3) is 22.0 Å². The minimum Gasteiger partial charge on any atom is -0.324 e. The lowest BCUT2D eigenvalue weighted by Gasteiger charge is -2.17. The Hall–Kier alpha value is -3.26. The van der Waals surface area contributed by atoms with Crippen molar-refractivity contribution in [3.8, 4) is 11.1 Å². The number of nitrogens with zero attached hydrogens (tertiary/aromatic N) is 5. The first-order valence-electron chi connectivity index (χ1n) is 10.3. The van der Waals surface area contributed by atoms with Crippen LogP contribution in [0.4, 0.5) is 16.0 Å². The van der Waals surface area contributed by atoms with Crippen LogP contribution in [-0.4, -0.2) is 51.8 Å². The number of fused-ring (bicyclic) bond motifs is 1. The van der Waals surface area contributed by atoms with Crippen molar-refractivity contribution in [3.05, 3.63) is 60.6 Å². The van der Waals surface area contributed by atoms with Crippen molar-refractivity contribution in [2.24, 2.45) is 7.05 Å². The van der Waals surface area contributed by atoms with Gasteiger partial charge in [0.1, 0.15) is 14.0 Å². The highest BCUT2D eigenvalue weighted by molar-refractivity contribution is 6.33. The third kappa shape index (κ3) is 4.44. The van der Waals surface area contributed by atoms with E-state index in [1.807, 2.05) is 37.6 Å². The molecule has 0 aliphatic carbocycles. The smallest absolute Gasteiger partial charge is 0.227 e. The molecule has 4 aromatic rings. The Morgan fingerprint density at radius 1 is 1.16 bits per heavy atom. The zero-order valence-corrected chi connectivity index (χ0v) is 17.3. The maximum Gasteiger partial charge on any atom is 0.227 e. The fraction of sp³-hybridized carbons (Fsp3) is 0.261. The van der Waals surface area contributed by atoms with Crippen LogP contribution in [0.15, 0.2) is 55.0 Å². The second-order valence-electron chi connectivity index (χ2n) is 8.08. The van der Waals surface area contributed by atoms with Crippen LogP contribution in [0.2, 0.25) is 0 Å². The second-order valence-corrected chi connectivity index (χ2v) is 8.08. The van der Waals surface area contributed by atoms with Gasteiger partial charge >= 0.3 is 0 Å². The molecular formula is C23H22BFN6. The van der Waals surface area contributed by atoms with Crippen LogP contribution in [-0.2, 0) is 13.6 Å². The number of alkyl halides is 1. The van der Waals surface area contributed by atoms with Crippen LogP contribution in [0.1, 0.15) is 12.0 Å². The van der Waals surface area contributed by atoms with Crippen molar-refractivity contribution in [1.29, 1.82) is 0 Å². The zero-order valence-electron chi connectivity index (χ0n) is 17.3. The largest absolute Gasteiger partial charge is 0.324 e. The highest BCUT2D eigenvalue weighted by atomic mass is 19.1. The first kappa shape index (κ1) is 19.7. The summed E-state index contributed by atoms with van der Waals surface area (Å²) >= 11 is 0. The molecule has 2 aromatic heterocycles. The van der Waals surface area contributed by atoms with E-state index < -0.39 is 6.17 Å². The van der Waals surface area contributed by atoms with Gasteiger partial charge in [0.25, 0.3) is 0 Å². The number of aryl methyl sites for hydroxylation is 1. The monoisotopic (exact) mass is 412 g/mol. The Kier molecular flexibility index (Phi) is 5.15. The standard InChI is InChI=1S/C23H22BFN6/c1-30-13-18(11-27-30)16-6-15(12-31-5-4-20(25)14-31)7-21(9-16)28-23-26-10-17-8-19(24)2-3-22(17)29-23/h2-3,6-11,13,20H,4-5,12,14H2,1H3,(H,26,28,29)/t20-/m0/s1. The quantitative estimate of drug-likeness (QED) is 0.511. The van der Waals surface area contributed by atoms with Crippen molar-refractivity contribution < 1.29 is 4.39 Å². The van der Waals surface area contributed by atoms with Gasteiger partial charge in [0.15, 0.2) is 0 Å². The average Bonchev–Trinajstić information content (AvgIpc) is 3.36. The number of rotatable bonds is 5. The number of hydrogen-bond donors (Lipinski definition) is 1. The number of aromatic nitrogens is 4. The first-order valence-corrected chi connectivity index (χ1v) is 10.3. The van der Waals surface area contributed by atoms with E-state index >= 15 is 0 Å².